The maximum absolute atomic E-state index is 12.4. The number of carbonyl (C=O) groups excluding carboxylic acids is 1. The number of pyridine rings is 1. The van der Waals surface area contributed by atoms with Crippen LogP contribution in [-0.4, -0.2) is 25.0 Å². The molecule has 1 aromatic heterocycles. The maximum Gasteiger partial charge on any atom is 0.258 e. The molecule has 2 aromatic rings. The van der Waals surface area contributed by atoms with E-state index in [0.717, 1.165) is 11.3 Å². The number of carbonyl (C=O) groups is 1. The number of amides is 1. The highest BCUT2D eigenvalue weighted by Gasteiger charge is 2.14. The Labute approximate surface area is 118 Å². The van der Waals surface area contributed by atoms with Crippen molar-refractivity contribution in [2.24, 2.45) is 0 Å². The number of hydrogen-bond acceptors (Lipinski definition) is 4. The first-order valence-corrected chi connectivity index (χ1v) is 6.28. The predicted molar refractivity (Wildman–Crippen MR) is 82.1 cm³/mol. The van der Waals surface area contributed by atoms with Gasteiger partial charge in [-0.15, -0.1) is 0 Å². The third-order valence-electron chi connectivity index (χ3n) is 2.90. The Kier molecular flexibility index (Phi) is 3.89. The number of hydrogen-bond donors (Lipinski definition) is 2. The van der Waals surface area contributed by atoms with E-state index in [1.807, 2.05) is 44.1 Å². The molecule has 0 spiro atoms. The summed E-state index contributed by atoms with van der Waals surface area (Å²) in [5, 5.41) is 2.79. The van der Waals surface area contributed by atoms with Crippen LogP contribution in [0.3, 0.4) is 0 Å². The normalized spacial score (nSPS) is 10.2. The minimum atomic E-state index is -0.223. The van der Waals surface area contributed by atoms with Gasteiger partial charge in [-0.05, 0) is 42.8 Å². The van der Waals surface area contributed by atoms with Gasteiger partial charge in [0.25, 0.3) is 5.91 Å². The first-order valence-electron chi connectivity index (χ1n) is 6.28. The van der Waals surface area contributed by atoms with Gasteiger partial charge in [0, 0.05) is 31.7 Å². The lowest BCUT2D eigenvalue weighted by Crippen LogP contribution is -2.19. The van der Waals surface area contributed by atoms with E-state index in [-0.39, 0.29) is 5.91 Å². The molecular formula is C15H18N4O. The fourth-order valence-corrected chi connectivity index (χ4v) is 1.91. The molecule has 20 heavy (non-hydrogen) atoms. The van der Waals surface area contributed by atoms with Crippen molar-refractivity contribution in [1.82, 2.24) is 4.98 Å². The van der Waals surface area contributed by atoms with Crippen molar-refractivity contribution in [3.8, 4) is 0 Å². The summed E-state index contributed by atoms with van der Waals surface area (Å²) in [4.78, 5) is 18.4. The Bertz CT molecular complexity index is 638. The SMILES string of the molecule is Cc1ccnc(NC(=O)c2cc(N)ccc2N(C)C)c1. The van der Waals surface area contributed by atoms with E-state index in [2.05, 4.69) is 10.3 Å². The molecule has 1 heterocycles. The molecule has 3 N–H and O–H groups in total. The Morgan fingerprint density at radius 1 is 1.25 bits per heavy atom. The van der Waals surface area contributed by atoms with E-state index >= 15 is 0 Å². The van der Waals surface area contributed by atoms with Crippen molar-refractivity contribution in [3.05, 3.63) is 47.7 Å². The Hall–Kier alpha value is -2.56. The summed E-state index contributed by atoms with van der Waals surface area (Å²) in [6, 6.07) is 8.96. The summed E-state index contributed by atoms with van der Waals surface area (Å²) in [6.07, 6.45) is 1.66. The molecule has 104 valence electrons. The predicted octanol–water partition coefficient (Wildman–Crippen LogP) is 2.29. The molecule has 5 nitrogen and oxygen atoms in total. The summed E-state index contributed by atoms with van der Waals surface area (Å²) in [6.45, 7) is 1.95. The smallest absolute Gasteiger partial charge is 0.258 e. The molecular weight excluding hydrogens is 252 g/mol. The Morgan fingerprint density at radius 3 is 2.65 bits per heavy atom. The number of nitrogen functional groups attached to an aromatic ring is 1. The number of nitrogens with two attached hydrogens (primary N) is 1. The van der Waals surface area contributed by atoms with Crippen LogP contribution in [0, 0.1) is 6.92 Å². The Morgan fingerprint density at radius 2 is 2.00 bits per heavy atom. The summed E-state index contributed by atoms with van der Waals surface area (Å²) in [7, 11) is 3.76. The quantitative estimate of drug-likeness (QED) is 0.839. The van der Waals surface area contributed by atoms with Crippen LogP contribution < -0.4 is 16.0 Å². The maximum atomic E-state index is 12.4. The number of aryl methyl sites for hydroxylation is 1. The molecule has 1 aromatic carbocycles. The minimum absolute atomic E-state index is 0.223. The minimum Gasteiger partial charge on any atom is -0.399 e. The van der Waals surface area contributed by atoms with Gasteiger partial charge in [0.05, 0.1) is 5.56 Å². The second-order valence-corrected chi connectivity index (χ2v) is 4.84. The fraction of sp³-hybridized carbons (Fsp3) is 0.200. The lowest BCUT2D eigenvalue weighted by atomic mass is 10.1. The third kappa shape index (κ3) is 3.06. The molecule has 0 atom stereocenters. The molecule has 0 radical (unpaired) electrons. The topological polar surface area (TPSA) is 71.2 Å². The van der Waals surface area contributed by atoms with E-state index < -0.39 is 0 Å². The average Bonchev–Trinajstić information content (AvgIpc) is 2.38. The first-order chi connectivity index (χ1) is 9.47. The zero-order valence-corrected chi connectivity index (χ0v) is 11.8. The lowest BCUT2D eigenvalue weighted by Gasteiger charge is -2.17. The van der Waals surface area contributed by atoms with Crippen LogP contribution in [0.25, 0.3) is 0 Å². The van der Waals surface area contributed by atoms with Crippen LogP contribution in [0.4, 0.5) is 17.2 Å². The molecule has 0 saturated carbocycles. The van der Waals surface area contributed by atoms with E-state index in [1.165, 1.54) is 0 Å². The van der Waals surface area contributed by atoms with Crippen LogP contribution in [0.2, 0.25) is 0 Å². The average molecular weight is 270 g/mol. The second kappa shape index (κ2) is 5.61. The molecule has 5 heteroatoms. The molecule has 0 bridgehead atoms. The van der Waals surface area contributed by atoms with Crippen molar-refractivity contribution in [2.75, 3.05) is 30.0 Å². The van der Waals surface area contributed by atoms with E-state index in [9.17, 15) is 4.79 Å². The summed E-state index contributed by atoms with van der Waals surface area (Å²) >= 11 is 0. The highest BCUT2D eigenvalue weighted by molar-refractivity contribution is 6.08. The third-order valence-corrected chi connectivity index (χ3v) is 2.90. The van der Waals surface area contributed by atoms with E-state index in [4.69, 9.17) is 5.73 Å². The van der Waals surface area contributed by atoms with Crippen molar-refractivity contribution in [2.45, 2.75) is 6.92 Å². The highest BCUT2D eigenvalue weighted by atomic mass is 16.1. The van der Waals surface area contributed by atoms with Gasteiger partial charge in [0.1, 0.15) is 5.82 Å². The number of aromatic nitrogens is 1. The highest BCUT2D eigenvalue weighted by Crippen LogP contribution is 2.22. The van der Waals surface area contributed by atoms with Gasteiger partial charge >= 0.3 is 0 Å². The zero-order valence-electron chi connectivity index (χ0n) is 11.8. The summed E-state index contributed by atoms with van der Waals surface area (Å²) in [5.41, 5.74) is 8.70. The Balaban J connectivity index is 2.31. The molecule has 0 aliphatic heterocycles. The lowest BCUT2D eigenvalue weighted by molar-refractivity contribution is 0.102. The van der Waals surface area contributed by atoms with Crippen LogP contribution in [0.1, 0.15) is 15.9 Å². The van der Waals surface area contributed by atoms with Gasteiger partial charge in [0.15, 0.2) is 0 Å². The van der Waals surface area contributed by atoms with Crippen LogP contribution in [0.5, 0.6) is 0 Å². The standard InChI is InChI=1S/C15H18N4O/c1-10-6-7-17-14(8-10)18-15(20)12-9-11(16)4-5-13(12)19(2)3/h4-9H,16H2,1-3H3,(H,17,18,20). The second-order valence-electron chi connectivity index (χ2n) is 4.84. The molecule has 0 unspecified atom stereocenters. The van der Waals surface area contributed by atoms with Gasteiger partial charge in [-0.3, -0.25) is 4.79 Å². The van der Waals surface area contributed by atoms with Crippen LogP contribution in [0.15, 0.2) is 36.5 Å². The summed E-state index contributed by atoms with van der Waals surface area (Å²) in [5.74, 6) is 0.307. The molecule has 0 saturated heterocycles. The number of benzene rings is 1. The van der Waals surface area contributed by atoms with Gasteiger partial charge in [-0.1, -0.05) is 0 Å². The number of anilines is 3. The molecule has 2 rings (SSSR count). The largest absolute Gasteiger partial charge is 0.399 e. The van der Waals surface area contributed by atoms with Crippen molar-refractivity contribution in [3.63, 3.8) is 0 Å². The van der Waals surface area contributed by atoms with E-state index in [1.54, 1.807) is 18.3 Å². The first kappa shape index (κ1) is 13.9. The molecule has 0 aliphatic rings. The van der Waals surface area contributed by atoms with Gasteiger partial charge in [-0.25, -0.2) is 4.98 Å². The van der Waals surface area contributed by atoms with Gasteiger partial charge in [-0.2, -0.15) is 0 Å². The fourth-order valence-electron chi connectivity index (χ4n) is 1.91. The zero-order chi connectivity index (χ0) is 14.7. The molecule has 0 fully saturated rings. The van der Waals surface area contributed by atoms with Crippen molar-refractivity contribution >= 4 is 23.1 Å². The summed E-state index contributed by atoms with van der Waals surface area (Å²) < 4.78 is 0. The number of nitrogens with zero attached hydrogens (tertiary/aromatic N) is 2. The molecule has 0 aliphatic carbocycles. The molecule has 1 amide bonds. The van der Waals surface area contributed by atoms with Gasteiger partial charge in [0.2, 0.25) is 0 Å². The van der Waals surface area contributed by atoms with E-state index in [0.29, 0.717) is 17.1 Å². The number of nitrogens with one attached hydrogen (secondary N) is 1. The van der Waals surface area contributed by atoms with Crippen molar-refractivity contribution in [1.29, 1.82) is 0 Å². The number of rotatable bonds is 3. The van der Waals surface area contributed by atoms with Crippen LogP contribution >= 0.6 is 0 Å². The van der Waals surface area contributed by atoms with Crippen LogP contribution in [-0.2, 0) is 0 Å². The van der Waals surface area contributed by atoms with Crippen molar-refractivity contribution < 1.29 is 4.79 Å². The van der Waals surface area contributed by atoms with Gasteiger partial charge < -0.3 is 16.0 Å². The monoisotopic (exact) mass is 270 g/mol.